The quantitative estimate of drug-likeness (QED) is 0.492. The Morgan fingerprint density at radius 1 is 1.10 bits per heavy atom. The van der Waals surface area contributed by atoms with Crippen LogP contribution in [0.25, 0.3) is 22.2 Å². The van der Waals surface area contributed by atoms with E-state index in [9.17, 15) is 4.79 Å². The van der Waals surface area contributed by atoms with Gasteiger partial charge in [-0.2, -0.15) is 0 Å². The third kappa shape index (κ3) is 3.30. The number of benzene rings is 2. The van der Waals surface area contributed by atoms with Gasteiger partial charge in [0, 0.05) is 29.4 Å². The maximum Gasteiger partial charge on any atom is 0.322 e. The lowest BCUT2D eigenvalue weighted by Gasteiger charge is -2.23. The molecule has 1 unspecified atom stereocenters. The van der Waals surface area contributed by atoms with E-state index in [-0.39, 0.29) is 12.1 Å². The molecule has 1 aliphatic heterocycles. The molecule has 0 bridgehead atoms. The lowest BCUT2D eigenvalue weighted by Crippen LogP contribution is -2.35. The molecule has 2 amide bonds. The number of fused-ring (bicyclic) bond motifs is 1. The van der Waals surface area contributed by atoms with Crippen LogP contribution in [0.3, 0.4) is 0 Å². The average Bonchev–Trinajstić information content (AvgIpc) is 3.41. The highest BCUT2D eigenvalue weighted by molar-refractivity contribution is 5.99. The third-order valence-electron chi connectivity index (χ3n) is 5.65. The zero-order chi connectivity index (χ0) is 20.5. The molecule has 2 aromatic heterocycles. The van der Waals surface area contributed by atoms with Crippen molar-refractivity contribution >= 4 is 22.6 Å². The van der Waals surface area contributed by atoms with Crippen molar-refractivity contribution in [1.82, 2.24) is 19.9 Å². The first kappa shape index (κ1) is 18.4. The molecule has 1 aliphatic rings. The fourth-order valence-electron chi connectivity index (χ4n) is 4.20. The van der Waals surface area contributed by atoms with E-state index in [4.69, 9.17) is 4.98 Å². The molecule has 1 fully saturated rings. The fourth-order valence-corrected chi connectivity index (χ4v) is 4.20. The highest BCUT2D eigenvalue weighted by Crippen LogP contribution is 2.33. The van der Waals surface area contributed by atoms with Gasteiger partial charge in [0.05, 0.1) is 22.9 Å². The van der Waals surface area contributed by atoms with E-state index in [1.807, 2.05) is 60.4 Å². The van der Waals surface area contributed by atoms with Crippen molar-refractivity contribution in [2.75, 3.05) is 11.9 Å². The molecule has 0 spiro atoms. The Labute approximate surface area is 175 Å². The Balaban J connectivity index is 1.41. The van der Waals surface area contributed by atoms with Crippen molar-refractivity contribution in [1.29, 1.82) is 0 Å². The maximum atomic E-state index is 13.1. The van der Waals surface area contributed by atoms with Gasteiger partial charge < -0.3 is 15.2 Å². The first-order valence-corrected chi connectivity index (χ1v) is 10.2. The maximum absolute atomic E-state index is 13.1. The van der Waals surface area contributed by atoms with Gasteiger partial charge in [0.2, 0.25) is 0 Å². The molecule has 0 aliphatic carbocycles. The molecule has 30 heavy (non-hydrogen) atoms. The molecular weight excluding hydrogens is 374 g/mol. The van der Waals surface area contributed by atoms with E-state index in [0.29, 0.717) is 6.54 Å². The number of para-hydroxylation sites is 1. The standard InChI is InChI=1S/C24H23N5O/c1-16-21(17-8-3-2-4-9-17)28-23(26-16)20-13-7-15-29(20)24(30)27-19-12-5-10-18-11-6-14-25-22(18)19/h2-6,8-12,14,20H,7,13,15H2,1H3,(H,26,28)(H,27,30). The number of amides is 2. The van der Waals surface area contributed by atoms with Gasteiger partial charge in [0.15, 0.2) is 0 Å². The molecule has 0 radical (unpaired) electrons. The van der Waals surface area contributed by atoms with Gasteiger partial charge in [-0.3, -0.25) is 4.98 Å². The number of aromatic nitrogens is 3. The monoisotopic (exact) mass is 397 g/mol. The number of hydrogen-bond acceptors (Lipinski definition) is 3. The van der Waals surface area contributed by atoms with E-state index in [2.05, 4.69) is 27.4 Å². The zero-order valence-electron chi connectivity index (χ0n) is 16.8. The Hall–Kier alpha value is -3.67. The van der Waals surface area contributed by atoms with Gasteiger partial charge in [-0.25, -0.2) is 9.78 Å². The van der Waals surface area contributed by atoms with E-state index in [1.165, 1.54) is 0 Å². The minimum absolute atomic E-state index is 0.0657. The summed E-state index contributed by atoms with van der Waals surface area (Å²) in [6, 6.07) is 19.7. The molecule has 150 valence electrons. The molecular formula is C24H23N5O. The largest absolute Gasteiger partial charge is 0.344 e. The second-order valence-electron chi connectivity index (χ2n) is 7.62. The van der Waals surface area contributed by atoms with Crippen molar-refractivity contribution in [3.05, 3.63) is 78.4 Å². The van der Waals surface area contributed by atoms with E-state index >= 15 is 0 Å². The van der Waals surface area contributed by atoms with Crippen LogP contribution in [-0.4, -0.2) is 32.4 Å². The molecule has 6 nitrogen and oxygen atoms in total. The Morgan fingerprint density at radius 2 is 1.93 bits per heavy atom. The van der Waals surface area contributed by atoms with E-state index in [1.54, 1.807) is 6.20 Å². The number of H-pyrrole nitrogens is 1. The predicted molar refractivity (Wildman–Crippen MR) is 118 cm³/mol. The molecule has 6 heteroatoms. The van der Waals surface area contributed by atoms with Crippen LogP contribution in [0.15, 0.2) is 66.9 Å². The second-order valence-corrected chi connectivity index (χ2v) is 7.62. The molecule has 0 saturated carbocycles. The van der Waals surface area contributed by atoms with Crippen molar-refractivity contribution in [2.45, 2.75) is 25.8 Å². The van der Waals surface area contributed by atoms with Crippen LogP contribution in [0.1, 0.15) is 30.4 Å². The number of nitrogens with zero attached hydrogens (tertiary/aromatic N) is 3. The number of urea groups is 1. The van der Waals surface area contributed by atoms with Crippen molar-refractivity contribution in [3.63, 3.8) is 0 Å². The van der Waals surface area contributed by atoms with Gasteiger partial charge in [0.1, 0.15) is 5.82 Å². The zero-order valence-corrected chi connectivity index (χ0v) is 16.8. The number of nitrogens with one attached hydrogen (secondary N) is 2. The number of anilines is 1. The summed E-state index contributed by atoms with van der Waals surface area (Å²) in [5.41, 5.74) is 4.56. The van der Waals surface area contributed by atoms with Gasteiger partial charge in [0.25, 0.3) is 0 Å². The summed E-state index contributed by atoms with van der Waals surface area (Å²) in [6.07, 6.45) is 3.59. The average molecular weight is 397 g/mol. The lowest BCUT2D eigenvalue weighted by molar-refractivity contribution is 0.205. The number of imidazole rings is 1. The number of hydrogen-bond donors (Lipinski definition) is 2. The molecule has 1 atom stereocenters. The smallest absolute Gasteiger partial charge is 0.322 e. The van der Waals surface area contributed by atoms with Gasteiger partial charge >= 0.3 is 6.03 Å². The highest BCUT2D eigenvalue weighted by atomic mass is 16.2. The minimum Gasteiger partial charge on any atom is -0.344 e. The van der Waals surface area contributed by atoms with Crippen molar-refractivity contribution in [3.8, 4) is 11.3 Å². The van der Waals surface area contributed by atoms with Crippen LogP contribution in [0.2, 0.25) is 0 Å². The molecule has 2 N–H and O–H groups in total. The van der Waals surface area contributed by atoms with Crippen LogP contribution in [0.4, 0.5) is 10.5 Å². The normalized spacial score (nSPS) is 16.2. The molecule has 1 saturated heterocycles. The highest BCUT2D eigenvalue weighted by Gasteiger charge is 2.33. The SMILES string of the molecule is Cc1[nH]c(C2CCCN2C(=O)Nc2cccc3cccnc23)nc1-c1ccccc1. The molecule has 3 heterocycles. The predicted octanol–water partition coefficient (Wildman–Crippen LogP) is 5.30. The van der Waals surface area contributed by atoms with Gasteiger partial charge in [-0.05, 0) is 31.9 Å². The number of aryl methyl sites for hydroxylation is 1. The van der Waals surface area contributed by atoms with E-state index < -0.39 is 0 Å². The topological polar surface area (TPSA) is 73.9 Å². The van der Waals surface area contributed by atoms with Crippen LogP contribution in [0, 0.1) is 6.92 Å². The van der Waals surface area contributed by atoms with Crippen LogP contribution in [-0.2, 0) is 0 Å². The Kier molecular flexibility index (Phi) is 4.67. The summed E-state index contributed by atoms with van der Waals surface area (Å²) in [4.78, 5) is 27.7. The third-order valence-corrected chi connectivity index (χ3v) is 5.65. The molecule has 4 aromatic rings. The second kappa shape index (κ2) is 7.63. The molecule has 5 rings (SSSR count). The minimum atomic E-state index is -0.119. The Bertz CT molecular complexity index is 1200. The summed E-state index contributed by atoms with van der Waals surface area (Å²) >= 11 is 0. The summed E-state index contributed by atoms with van der Waals surface area (Å²) in [5.74, 6) is 0.843. The first-order chi connectivity index (χ1) is 14.7. The molecule has 2 aromatic carbocycles. The summed E-state index contributed by atoms with van der Waals surface area (Å²) in [6.45, 7) is 2.73. The van der Waals surface area contributed by atoms with Gasteiger partial charge in [-0.15, -0.1) is 0 Å². The van der Waals surface area contributed by atoms with E-state index in [0.717, 1.165) is 52.2 Å². The number of aromatic amines is 1. The van der Waals surface area contributed by atoms with Gasteiger partial charge in [-0.1, -0.05) is 48.5 Å². The van der Waals surface area contributed by atoms with Crippen molar-refractivity contribution in [2.24, 2.45) is 0 Å². The number of rotatable bonds is 3. The number of likely N-dealkylation sites (tertiary alicyclic amines) is 1. The van der Waals surface area contributed by atoms with Crippen molar-refractivity contribution < 1.29 is 4.79 Å². The lowest BCUT2D eigenvalue weighted by atomic mass is 10.1. The summed E-state index contributed by atoms with van der Waals surface area (Å²) < 4.78 is 0. The number of carbonyl (C=O) groups excluding carboxylic acids is 1. The van der Waals surface area contributed by atoms with Crippen LogP contribution < -0.4 is 5.32 Å². The summed E-state index contributed by atoms with van der Waals surface area (Å²) in [7, 11) is 0. The number of carbonyl (C=O) groups is 1. The Morgan fingerprint density at radius 3 is 2.80 bits per heavy atom. The van der Waals surface area contributed by atoms with Crippen LogP contribution >= 0.6 is 0 Å². The summed E-state index contributed by atoms with van der Waals surface area (Å²) in [5, 5.41) is 4.06. The number of pyridine rings is 1. The van der Waals surface area contributed by atoms with Crippen LogP contribution in [0.5, 0.6) is 0 Å². The first-order valence-electron chi connectivity index (χ1n) is 10.2. The fraction of sp³-hybridized carbons (Fsp3) is 0.208.